The molecule has 0 saturated carbocycles. The molecule has 0 aromatic carbocycles. The van der Waals surface area contributed by atoms with Gasteiger partial charge in [-0.05, 0) is 18.8 Å². The van der Waals surface area contributed by atoms with Gasteiger partial charge in [0.1, 0.15) is 12.1 Å². The normalized spacial score (nSPS) is 13.6. The molecule has 0 unspecified atom stereocenters. The molecule has 0 aliphatic carbocycles. The Bertz CT molecular complexity index is 398. The van der Waals surface area contributed by atoms with Crippen molar-refractivity contribution in [3.63, 3.8) is 0 Å². The standard InChI is InChI=1S/C15H29N3O4/c1-6-7-13(20)17(4)12(9-19)15(22)18(5)11(14(16)21)8-10(2)3/h10-12,19H,6-9H2,1-5H3,(H2,16,21)/t11-,12+/m0/s1. The first kappa shape index (κ1) is 20.4. The van der Waals surface area contributed by atoms with E-state index in [2.05, 4.69) is 0 Å². The number of primary amides is 1. The van der Waals surface area contributed by atoms with Crippen LogP contribution >= 0.6 is 0 Å². The number of rotatable bonds is 9. The molecule has 128 valence electrons. The molecule has 0 fully saturated rings. The van der Waals surface area contributed by atoms with Crippen LogP contribution in [0.4, 0.5) is 0 Å². The second-order valence-corrected chi connectivity index (χ2v) is 5.95. The van der Waals surface area contributed by atoms with E-state index in [1.807, 2.05) is 20.8 Å². The van der Waals surface area contributed by atoms with Gasteiger partial charge in [0.2, 0.25) is 17.7 Å². The zero-order valence-electron chi connectivity index (χ0n) is 14.2. The van der Waals surface area contributed by atoms with E-state index in [1.54, 1.807) is 0 Å². The maximum Gasteiger partial charge on any atom is 0.248 e. The van der Waals surface area contributed by atoms with E-state index < -0.39 is 30.5 Å². The fraction of sp³-hybridized carbons (Fsp3) is 0.800. The molecule has 7 nitrogen and oxygen atoms in total. The maximum atomic E-state index is 12.5. The van der Waals surface area contributed by atoms with Gasteiger partial charge < -0.3 is 20.6 Å². The second kappa shape index (κ2) is 9.40. The minimum atomic E-state index is -1.00. The van der Waals surface area contributed by atoms with Gasteiger partial charge in [-0.1, -0.05) is 20.8 Å². The summed E-state index contributed by atoms with van der Waals surface area (Å²) in [6.45, 7) is 5.21. The topological polar surface area (TPSA) is 104 Å². The predicted molar refractivity (Wildman–Crippen MR) is 83.8 cm³/mol. The van der Waals surface area contributed by atoms with Crippen molar-refractivity contribution in [3.05, 3.63) is 0 Å². The zero-order chi connectivity index (χ0) is 17.4. The molecule has 0 rings (SSSR count). The molecule has 0 spiro atoms. The third-order valence-electron chi connectivity index (χ3n) is 3.62. The lowest BCUT2D eigenvalue weighted by atomic mass is 10.0. The number of nitrogens with zero attached hydrogens (tertiary/aromatic N) is 2. The molecule has 0 aromatic rings. The molecule has 0 aromatic heterocycles. The van der Waals surface area contributed by atoms with Gasteiger partial charge in [0, 0.05) is 20.5 Å². The minimum absolute atomic E-state index is 0.180. The highest BCUT2D eigenvalue weighted by Gasteiger charge is 2.33. The van der Waals surface area contributed by atoms with Crippen LogP contribution in [-0.2, 0) is 14.4 Å². The first-order chi connectivity index (χ1) is 10.2. The van der Waals surface area contributed by atoms with Crippen LogP contribution in [0, 0.1) is 5.92 Å². The summed E-state index contributed by atoms with van der Waals surface area (Å²) in [6.07, 6.45) is 1.39. The van der Waals surface area contributed by atoms with Crippen LogP contribution in [0.3, 0.4) is 0 Å². The van der Waals surface area contributed by atoms with Crippen molar-refractivity contribution in [2.24, 2.45) is 11.7 Å². The molecular weight excluding hydrogens is 286 g/mol. The van der Waals surface area contributed by atoms with Gasteiger partial charge in [0.25, 0.3) is 0 Å². The summed E-state index contributed by atoms with van der Waals surface area (Å²) in [5, 5.41) is 9.48. The van der Waals surface area contributed by atoms with E-state index in [9.17, 15) is 19.5 Å². The van der Waals surface area contributed by atoms with E-state index in [1.165, 1.54) is 23.9 Å². The van der Waals surface area contributed by atoms with E-state index in [4.69, 9.17) is 5.73 Å². The van der Waals surface area contributed by atoms with Crippen molar-refractivity contribution in [2.45, 2.75) is 52.1 Å². The van der Waals surface area contributed by atoms with Crippen molar-refractivity contribution in [1.82, 2.24) is 9.80 Å². The smallest absolute Gasteiger partial charge is 0.248 e. The summed E-state index contributed by atoms with van der Waals surface area (Å²) in [5.74, 6) is -1.12. The van der Waals surface area contributed by atoms with Crippen LogP contribution < -0.4 is 5.73 Å². The molecule has 3 amide bonds. The Kier molecular flexibility index (Phi) is 8.70. The summed E-state index contributed by atoms with van der Waals surface area (Å²) in [7, 11) is 2.95. The number of hydrogen-bond acceptors (Lipinski definition) is 4. The molecule has 3 N–H and O–H groups in total. The summed E-state index contributed by atoms with van der Waals surface area (Å²) >= 11 is 0. The number of nitrogens with two attached hydrogens (primary N) is 1. The third kappa shape index (κ3) is 5.63. The van der Waals surface area contributed by atoms with Crippen molar-refractivity contribution < 1.29 is 19.5 Å². The molecule has 0 bridgehead atoms. The van der Waals surface area contributed by atoms with Gasteiger partial charge in [0.05, 0.1) is 6.61 Å². The predicted octanol–water partition coefficient (Wildman–Crippen LogP) is -0.0358. The lowest BCUT2D eigenvalue weighted by molar-refractivity contribution is -0.148. The first-order valence-corrected chi connectivity index (χ1v) is 7.59. The van der Waals surface area contributed by atoms with Gasteiger partial charge in [-0.2, -0.15) is 0 Å². The Balaban J connectivity index is 5.14. The van der Waals surface area contributed by atoms with E-state index in [0.717, 1.165) is 0 Å². The monoisotopic (exact) mass is 315 g/mol. The van der Waals surface area contributed by atoms with Gasteiger partial charge >= 0.3 is 0 Å². The molecule has 2 atom stereocenters. The Morgan fingerprint density at radius 2 is 1.64 bits per heavy atom. The van der Waals surface area contributed by atoms with Crippen LogP contribution in [0.2, 0.25) is 0 Å². The summed E-state index contributed by atoms with van der Waals surface area (Å²) in [5.41, 5.74) is 5.37. The Hall–Kier alpha value is -1.63. The number of aliphatic hydroxyl groups excluding tert-OH is 1. The molecule has 22 heavy (non-hydrogen) atoms. The molecular formula is C15H29N3O4. The minimum Gasteiger partial charge on any atom is -0.394 e. The number of carbonyl (C=O) groups is 3. The van der Waals surface area contributed by atoms with E-state index >= 15 is 0 Å². The molecule has 7 heteroatoms. The van der Waals surface area contributed by atoms with Gasteiger partial charge in [-0.25, -0.2) is 0 Å². The van der Waals surface area contributed by atoms with Crippen molar-refractivity contribution in [2.75, 3.05) is 20.7 Å². The van der Waals surface area contributed by atoms with E-state index in [0.29, 0.717) is 19.3 Å². The number of aliphatic hydroxyl groups is 1. The van der Waals surface area contributed by atoms with Crippen LogP contribution in [-0.4, -0.2) is 65.4 Å². The van der Waals surface area contributed by atoms with E-state index in [-0.39, 0.29) is 11.8 Å². The lowest BCUT2D eigenvalue weighted by Crippen LogP contribution is -2.55. The SMILES string of the molecule is CCCC(=O)N(C)[C@H](CO)C(=O)N(C)[C@@H](CC(C)C)C(N)=O. The fourth-order valence-electron chi connectivity index (χ4n) is 2.23. The average Bonchev–Trinajstić information content (AvgIpc) is 2.44. The number of hydrogen-bond donors (Lipinski definition) is 2. The number of carbonyl (C=O) groups excluding carboxylic acids is 3. The summed E-state index contributed by atoms with van der Waals surface area (Å²) in [4.78, 5) is 38.5. The van der Waals surface area contributed by atoms with Crippen LogP contribution in [0.5, 0.6) is 0 Å². The molecule has 0 aliphatic heterocycles. The quantitative estimate of drug-likeness (QED) is 0.623. The summed E-state index contributed by atoms with van der Waals surface area (Å²) < 4.78 is 0. The maximum absolute atomic E-state index is 12.5. The van der Waals surface area contributed by atoms with Gasteiger partial charge in [-0.15, -0.1) is 0 Å². The number of likely N-dealkylation sites (N-methyl/N-ethyl adjacent to an activating group) is 2. The highest BCUT2D eigenvalue weighted by molar-refractivity contribution is 5.91. The van der Waals surface area contributed by atoms with Gasteiger partial charge in [0.15, 0.2) is 0 Å². The van der Waals surface area contributed by atoms with Crippen molar-refractivity contribution in [3.8, 4) is 0 Å². The highest BCUT2D eigenvalue weighted by Crippen LogP contribution is 2.13. The van der Waals surface area contributed by atoms with Crippen LogP contribution in [0.25, 0.3) is 0 Å². The molecule has 0 aliphatic rings. The average molecular weight is 315 g/mol. The Morgan fingerprint density at radius 3 is 2.00 bits per heavy atom. The number of amides is 3. The third-order valence-corrected chi connectivity index (χ3v) is 3.62. The molecule has 0 radical (unpaired) electrons. The molecule has 0 saturated heterocycles. The lowest BCUT2D eigenvalue weighted by Gasteiger charge is -2.33. The highest BCUT2D eigenvalue weighted by atomic mass is 16.3. The molecule has 0 heterocycles. The Labute approximate surface area is 132 Å². The Morgan fingerprint density at radius 1 is 1.09 bits per heavy atom. The van der Waals surface area contributed by atoms with Crippen molar-refractivity contribution in [1.29, 1.82) is 0 Å². The first-order valence-electron chi connectivity index (χ1n) is 7.59. The summed E-state index contributed by atoms with van der Waals surface area (Å²) in [6, 6.07) is -1.76. The van der Waals surface area contributed by atoms with Crippen molar-refractivity contribution >= 4 is 17.7 Å². The van der Waals surface area contributed by atoms with Gasteiger partial charge in [-0.3, -0.25) is 14.4 Å². The van der Waals surface area contributed by atoms with Crippen LogP contribution in [0.15, 0.2) is 0 Å². The zero-order valence-corrected chi connectivity index (χ0v) is 14.2. The largest absolute Gasteiger partial charge is 0.394 e. The van der Waals surface area contributed by atoms with Crippen LogP contribution in [0.1, 0.15) is 40.0 Å². The fourth-order valence-corrected chi connectivity index (χ4v) is 2.23. The second-order valence-electron chi connectivity index (χ2n) is 5.95.